The van der Waals surface area contributed by atoms with E-state index in [9.17, 15) is 13.2 Å². The lowest BCUT2D eigenvalue weighted by molar-refractivity contribution is -0.274. The maximum Gasteiger partial charge on any atom is 0.573 e. The standard InChI is InChI=1S/C14H19F3N2O/c1-19(9-10-5-6-10)13(8-18)11-3-2-4-12(7-11)20-14(15,16)17/h2-4,7,10,13H,5-6,8-9,18H2,1H3. The van der Waals surface area contributed by atoms with Gasteiger partial charge in [-0.1, -0.05) is 12.1 Å². The summed E-state index contributed by atoms with van der Waals surface area (Å²) in [5.41, 5.74) is 6.52. The van der Waals surface area contributed by atoms with E-state index in [1.54, 1.807) is 12.1 Å². The topological polar surface area (TPSA) is 38.5 Å². The van der Waals surface area contributed by atoms with Gasteiger partial charge >= 0.3 is 6.36 Å². The van der Waals surface area contributed by atoms with Crippen molar-refractivity contribution in [2.75, 3.05) is 20.1 Å². The summed E-state index contributed by atoms with van der Waals surface area (Å²) in [5.74, 6) is 0.497. The normalized spacial score (nSPS) is 17.3. The smallest absolute Gasteiger partial charge is 0.406 e. The number of alkyl halides is 3. The van der Waals surface area contributed by atoms with Crippen LogP contribution in [0.5, 0.6) is 5.75 Å². The van der Waals surface area contributed by atoms with Crippen LogP contribution in [0.2, 0.25) is 0 Å². The van der Waals surface area contributed by atoms with Crippen LogP contribution in [0.4, 0.5) is 13.2 Å². The van der Waals surface area contributed by atoms with Gasteiger partial charge in [0.15, 0.2) is 0 Å². The summed E-state index contributed by atoms with van der Waals surface area (Å²) < 4.78 is 40.7. The number of nitrogens with two attached hydrogens (primary N) is 1. The van der Waals surface area contributed by atoms with Gasteiger partial charge in [-0.05, 0) is 43.5 Å². The molecule has 0 aliphatic heterocycles. The van der Waals surface area contributed by atoms with Crippen molar-refractivity contribution in [3.05, 3.63) is 29.8 Å². The van der Waals surface area contributed by atoms with Crippen LogP contribution in [0, 0.1) is 5.92 Å². The van der Waals surface area contributed by atoms with Crippen LogP contribution in [0.25, 0.3) is 0 Å². The highest BCUT2D eigenvalue weighted by Crippen LogP contribution is 2.33. The lowest BCUT2D eigenvalue weighted by atomic mass is 10.1. The minimum atomic E-state index is -4.67. The van der Waals surface area contributed by atoms with E-state index in [4.69, 9.17) is 5.73 Å². The monoisotopic (exact) mass is 288 g/mol. The fourth-order valence-electron chi connectivity index (χ4n) is 2.32. The number of hydrogen-bond acceptors (Lipinski definition) is 3. The van der Waals surface area contributed by atoms with Gasteiger partial charge in [0.2, 0.25) is 0 Å². The molecule has 2 N–H and O–H groups in total. The molecule has 0 aromatic heterocycles. The number of benzene rings is 1. The summed E-state index contributed by atoms with van der Waals surface area (Å²) in [7, 11) is 1.95. The molecular formula is C14H19F3N2O. The molecule has 1 saturated carbocycles. The highest BCUT2D eigenvalue weighted by atomic mass is 19.4. The van der Waals surface area contributed by atoms with E-state index in [0.29, 0.717) is 12.5 Å². The molecular weight excluding hydrogens is 269 g/mol. The number of rotatable bonds is 6. The zero-order chi connectivity index (χ0) is 14.8. The average molecular weight is 288 g/mol. The Hall–Kier alpha value is -1.27. The molecule has 1 unspecified atom stereocenters. The second-order valence-electron chi connectivity index (χ2n) is 5.25. The SMILES string of the molecule is CN(CC1CC1)C(CN)c1cccc(OC(F)(F)F)c1. The maximum absolute atomic E-state index is 12.2. The minimum Gasteiger partial charge on any atom is -0.406 e. The molecule has 0 heterocycles. The summed E-state index contributed by atoms with van der Waals surface area (Å²) in [6.45, 7) is 1.28. The first-order chi connectivity index (χ1) is 9.39. The van der Waals surface area contributed by atoms with E-state index in [-0.39, 0.29) is 11.8 Å². The van der Waals surface area contributed by atoms with E-state index in [1.165, 1.54) is 25.0 Å². The van der Waals surface area contributed by atoms with Crippen molar-refractivity contribution in [1.29, 1.82) is 0 Å². The fraction of sp³-hybridized carbons (Fsp3) is 0.571. The molecule has 1 aromatic rings. The lowest BCUT2D eigenvalue weighted by Crippen LogP contribution is -2.32. The predicted molar refractivity (Wildman–Crippen MR) is 70.3 cm³/mol. The molecule has 0 bridgehead atoms. The molecule has 0 saturated heterocycles. The minimum absolute atomic E-state index is 0.0904. The Bertz CT molecular complexity index is 446. The summed E-state index contributed by atoms with van der Waals surface area (Å²) in [6, 6.07) is 5.96. The van der Waals surface area contributed by atoms with E-state index < -0.39 is 6.36 Å². The Balaban J connectivity index is 2.10. The zero-order valence-electron chi connectivity index (χ0n) is 11.4. The van der Waals surface area contributed by atoms with Gasteiger partial charge in [0, 0.05) is 19.1 Å². The zero-order valence-corrected chi connectivity index (χ0v) is 11.4. The fourth-order valence-corrected chi connectivity index (χ4v) is 2.32. The van der Waals surface area contributed by atoms with Gasteiger partial charge in [0.1, 0.15) is 5.75 Å². The van der Waals surface area contributed by atoms with E-state index in [0.717, 1.165) is 12.1 Å². The Kier molecular flexibility index (Phi) is 4.55. The van der Waals surface area contributed by atoms with Crippen LogP contribution in [-0.4, -0.2) is 31.4 Å². The summed E-state index contributed by atoms with van der Waals surface area (Å²) in [6.07, 6.45) is -2.23. The van der Waals surface area contributed by atoms with Gasteiger partial charge in [0.05, 0.1) is 0 Å². The quantitative estimate of drug-likeness (QED) is 0.874. The van der Waals surface area contributed by atoms with Crippen molar-refractivity contribution >= 4 is 0 Å². The van der Waals surface area contributed by atoms with Crippen LogP contribution in [0.3, 0.4) is 0 Å². The Labute approximate surface area is 116 Å². The average Bonchev–Trinajstić information content (AvgIpc) is 3.12. The molecule has 20 heavy (non-hydrogen) atoms. The van der Waals surface area contributed by atoms with Gasteiger partial charge in [-0.25, -0.2) is 0 Å². The van der Waals surface area contributed by atoms with Crippen molar-refractivity contribution in [2.45, 2.75) is 25.2 Å². The second kappa shape index (κ2) is 6.01. The highest BCUT2D eigenvalue weighted by Gasteiger charge is 2.31. The van der Waals surface area contributed by atoms with Gasteiger partial charge < -0.3 is 10.5 Å². The van der Waals surface area contributed by atoms with Gasteiger partial charge in [-0.15, -0.1) is 13.2 Å². The highest BCUT2D eigenvalue weighted by molar-refractivity contribution is 5.31. The third-order valence-corrected chi connectivity index (χ3v) is 3.47. The third kappa shape index (κ3) is 4.38. The molecule has 6 heteroatoms. The van der Waals surface area contributed by atoms with Gasteiger partial charge in [-0.2, -0.15) is 0 Å². The van der Waals surface area contributed by atoms with Crippen LogP contribution in [0.15, 0.2) is 24.3 Å². The van der Waals surface area contributed by atoms with Gasteiger partial charge in [0.25, 0.3) is 0 Å². The van der Waals surface area contributed by atoms with Crippen LogP contribution < -0.4 is 10.5 Å². The Morgan fingerprint density at radius 2 is 2.10 bits per heavy atom. The molecule has 3 nitrogen and oxygen atoms in total. The maximum atomic E-state index is 12.2. The number of halogens is 3. The summed E-state index contributed by atoms with van der Waals surface area (Å²) >= 11 is 0. The summed E-state index contributed by atoms with van der Waals surface area (Å²) in [4.78, 5) is 2.10. The first-order valence-corrected chi connectivity index (χ1v) is 6.65. The molecule has 1 aliphatic rings. The third-order valence-electron chi connectivity index (χ3n) is 3.47. The molecule has 0 radical (unpaired) electrons. The lowest BCUT2D eigenvalue weighted by Gasteiger charge is -2.27. The van der Waals surface area contributed by atoms with Crippen molar-refractivity contribution in [1.82, 2.24) is 4.90 Å². The van der Waals surface area contributed by atoms with E-state index >= 15 is 0 Å². The molecule has 0 amide bonds. The van der Waals surface area contributed by atoms with Crippen LogP contribution >= 0.6 is 0 Å². The largest absolute Gasteiger partial charge is 0.573 e. The van der Waals surface area contributed by atoms with Crippen molar-refractivity contribution in [3.8, 4) is 5.75 Å². The Morgan fingerprint density at radius 3 is 2.65 bits per heavy atom. The number of nitrogens with zero attached hydrogens (tertiary/aromatic N) is 1. The van der Waals surface area contributed by atoms with Crippen molar-refractivity contribution in [2.24, 2.45) is 11.7 Å². The molecule has 2 rings (SSSR count). The van der Waals surface area contributed by atoms with Crippen LogP contribution in [0.1, 0.15) is 24.4 Å². The van der Waals surface area contributed by atoms with Crippen LogP contribution in [-0.2, 0) is 0 Å². The Morgan fingerprint density at radius 1 is 1.40 bits per heavy atom. The number of ether oxygens (including phenoxy) is 1. The first-order valence-electron chi connectivity index (χ1n) is 6.65. The molecule has 0 spiro atoms. The first kappa shape index (κ1) is 15.1. The van der Waals surface area contributed by atoms with Crippen molar-refractivity contribution < 1.29 is 17.9 Å². The predicted octanol–water partition coefficient (Wildman–Crippen LogP) is 2.93. The van der Waals surface area contributed by atoms with E-state index in [1.807, 2.05) is 7.05 Å². The van der Waals surface area contributed by atoms with E-state index in [2.05, 4.69) is 9.64 Å². The molecule has 1 atom stereocenters. The summed E-state index contributed by atoms with van der Waals surface area (Å²) in [5, 5.41) is 0. The number of likely N-dealkylation sites (N-methyl/N-ethyl adjacent to an activating group) is 1. The van der Waals surface area contributed by atoms with Crippen molar-refractivity contribution in [3.63, 3.8) is 0 Å². The molecule has 1 aromatic carbocycles. The number of hydrogen-bond donors (Lipinski definition) is 1. The second-order valence-corrected chi connectivity index (χ2v) is 5.25. The molecule has 1 fully saturated rings. The molecule has 112 valence electrons. The molecule has 1 aliphatic carbocycles. The van der Waals surface area contributed by atoms with Gasteiger partial charge in [-0.3, -0.25) is 4.90 Å².